The van der Waals surface area contributed by atoms with E-state index in [4.69, 9.17) is 4.42 Å². The summed E-state index contributed by atoms with van der Waals surface area (Å²) < 4.78 is 45.5. The van der Waals surface area contributed by atoms with Crippen LogP contribution in [-0.4, -0.2) is 34.9 Å². The van der Waals surface area contributed by atoms with Crippen molar-refractivity contribution in [2.24, 2.45) is 0 Å². The van der Waals surface area contributed by atoms with Crippen molar-refractivity contribution in [3.05, 3.63) is 63.2 Å². The van der Waals surface area contributed by atoms with Gasteiger partial charge in [-0.2, -0.15) is 23.5 Å². The average Bonchev–Trinajstić information content (AvgIpc) is 3.35. The van der Waals surface area contributed by atoms with Crippen molar-refractivity contribution in [3.8, 4) is 6.07 Å². The van der Waals surface area contributed by atoms with E-state index >= 15 is 0 Å². The zero-order valence-corrected chi connectivity index (χ0v) is 18.0. The lowest BCUT2D eigenvalue weighted by molar-refractivity contribution is -0.141. The third kappa shape index (κ3) is 3.51. The van der Waals surface area contributed by atoms with Crippen LogP contribution in [0.3, 0.4) is 0 Å². The molecule has 174 valence electrons. The Morgan fingerprint density at radius 3 is 2.59 bits per heavy atom. The number of rotatable bonds is 4. The van der Waals surface area contributed by atoms with E-state index in [0.29, 0.717) is 23.2 Å². The van der Waals surface area contributed by atoms with Crippen LogP contribution in [0.4, 0.5) is 13.2 Å². The molecule has 1 saturated carbocycles. The SMILES string of the molecule is Cc1nnc([C@@H]2CC[C@@H]2c2nc3c(c(C#N)nn3[C@@H](C)c3ccc(C(F)(F)F)nc3)c(=O)[nH]2)o1. The summed E-state index contributed by atoms with van der Waals surface area (Å²) in [5.74, 6) is 1.02. The molecular formula is C21H17F3N8O2. The molecule has 0 unspecified atom stereocenters. The van der Waals surface area contributed by atoms with Gasteiger partial charge >= 0.3 is 6.18 Å². The maximum atomic E-state index is 12.9. The van der Waals surface area contributed by atoms with Gasteiger partial charge in [-0.1, -0.05) is 6.07 Å². The third-order valence-corrected chi connectivity index (χ3v) is 6.10. The summed E-state index contributed by atoms with van der Waals surface area (Å²) in [6.07, 6.45) is -1.95. The maximum Gasteiger partial charge on any atom is 0.433 e. The van der Waals surface area contributed by atoms with E-state index in [1.54, 1.807) is 13.8 Å². The van der Waals surface area contributed by atoms with E-state index in [0.717, 1.165) is 25.1 Å². The normalized spacial score (nSPS) is 19.1. The molecule has 4 aromatic rings. The predicted molar refractivity (Wildman–Crippen MR) is 110 cm³/mol. The summed E-state index contributed by atoms with van der Waals surface area (Å²) >= 11 is 0. The molecule has 0 amide bonds. The Balaban J connectivity index is 1.57. The van der Waals surface area contributed by atoms with E-state index < -0.39 is 23.5 Å². The summed E-state index contributed by atoms with van der Waals surface area (Å²) in [4.78, 5) is 23.8. The number of H-pyrrole nitrogens is 1. The highest BCUT2D eigenvalue weighted by Gasteiger charge is 2.39. The number of nitrogens with one attached hydrogen (secondary N) is 1. The highest BCUT2D eigenvalue weighted by atomic mass is 19.4. The molecule has 0 spiro atoms. The van der Waals surface area contributed by atoms with Gasteiger partial charge in [0.25, 0.3) is 5.56 Å². The Kier molecular flexibility index (Phi) is 4.96. The first-order chi connectivity index (χ1) is 16.2. The number of fused-ring (bicyclic) bond motifs is 1. The standard InChI is InChI=1S/C21H17F3N8O2/c1-9(11-3-6-15(26-8-11)21(22,23)24)32-18-16(14(7-25)31-32)19(33)28-17(27-18)12-4-5-13(12)20-30-29-10(2)34-20/h3,6,8-9,12-13H,4-5H2,1-2H3,(H,27,28,33)/t9-,12-,13+/m0/s1. The molecule has 1 aliphatic carbocycles. The molecule has 1 aliphatic rings. The fraction of sp³-hybridized carbons (Fsp3) is 0.381. The van der Waals surface area contributed by atoms with Gasteiger partial charge < -0.3 is 9.40 Å². The van der Waals surface area contributed by atoms with Crippen molar-refractivity contribution in [3.63, 3.8) is 0 Å². The van der Waals surface area contributed by atoms with Gasteiger partial charge in [0.05, 0.1) is 6.04 Å². The van der Waals surface area contributed by atoms with Crippen LogP contribution in [0.2, 0.25) is 0 Å². The van der Waals surface area contributed by atoms with E-state index in [1.807, 2.05) is 6.07 Å². The Hall–Kier alpha value is -4.08. The fourth-order valence-electron chi connectivity index (χ4n) is 4.13. The van der Waals surface area contributed by atoms with Gasteiger partial charge in [0, 0.05) is 25.0 Å². The molecule has 0 saturated heterocycles. The van der Waals surface area contributed by atoms with E-state index in [2.05, 4.69) is 30.2 Å². The van der Waals surface area contributed by atoms with Crippen LogP contribution in [0.25, 0.3) is 11.0 Å². The number of alkyl halides is 3. The van der Waals surface area contributed by atoms with Crippen LogP contribution in [0.15, 0.2) is 27.5 Å². The van der Waals surface area contributed by atoms with Gasteiger partial charge in [0.2, 0.25) is 11.8 Å². The topological polar surface area (TPSA) is 139 Å². The molecule has 10 nitrogen and oxygen atoms in total. The van der Waals surface area contributed by atoms with Gasteiger partial charge in [0.15, 0.2) is 11.3 Å². The average molecular weight is 470 g/mol. The number of pyridine rings is 1. The molecule has 0 bridgehead atoms. The lowest BCUT2D eigenvalue weighted by Crippen LogP contribution is -2.27. The molecule has 5 rings (SSSR count). The Bertz CT molecular complexity index is 1480. The molecule has 0 aromatic carbocycles. The van der Waals surface area contributed by atoms with Crippen molar-refractivity contribution in [2.45, 2.75) is 50.7 Å². The Morgan fingerprint density at radius 2 is 2.03 bits per heavy atom. The quantitative estimate of drug-likeness (QED) is 0.479. The number of aryl methyl sites for hydroxylation is 1. The molecule has 0 aliphatic heterocycles. The second-order valence-electron chi connectivity index (χ2n) is 8.15. The first kappa shape index (κ1) is 21.7. The van der Waals surface area contributed by atoms with Crippen molar-refractivity contribution in [2.75, 3.05) is 0 Å². The van der Waals surface area contributed by atoms with Crippen LogP contribution >= 0.6 is 0 Å². The van der Waals surface area contributed by atoms with E-state index in [-0.39, 0.29) is 28.6 Å². The molecular weight excluding hydrogens is 453 g/mol. The Labute approximate surface area is 189 Å². The number of hydrogen-bond acceptors (Lipinski definition) is 8. The largest absolute Gasteiger partial charge is 0.433 e. The predicted octanol–water partition coefficient (Wildman–Crippen LogP) is 3.37. The van der Waals surface area contributed by atoms with Crippen LogP contribution in [0.1, 0.15) is 72.2 Å². The van der Waals surface area contributed by atoms with Gasteiger partial charge in [-0.05, 0) is 31.4 Å². The third-order valence-electron chi connectivity index (χ3n) is 6.10. The number of hydrogen-bond donors (Lipinski definition) is 1. The van der Waals surface area contributed by atoms with Gasteiger partial charge in [-0.15, -0.1) is 10.2 Å². The molecule has 0 radical (unpaired) electrons. The fourth-order valence-corrected chi connectivity index (χ4v) is 4.13. The van der Waals surface area contributed by atoms with Gasteiger partial charge in [0.1, 0.15) is 23.0 Å². The second kappa shape index (κ2) is 7.75. The molecule has 34 heavy (non-hydrogen) atoms. The van der Waals surface area contributed by atoms with Crippen LogP contribution in [-0.2, 0) is 6.18 Å². The number of aromatic nitrogens is 7. The molecule has 1 fully saturated rings. The highest BCUT2D eigenvalue weighted by molar-refractivity contribution is 5.80. The summed E-state index contributed by atoms with van der Waals surface area (Å²) in [7, 11) is 0. The van der Waals surface area contributed by atoms with Gasteiger partial charge in [-0.3, -0.25) is 9.78 Å². The second-order valence-corrected chi connectivity index (χ2v) is 8.15. The molecule has 4 heterocycles. The van der Waals surface area contributed by atoms with Gasteiger partial charge in [-0.25, -0.2) is 9.67 Å². The Morgan fingerprint density at radius 1 is 1.26 bits per heavy atom. The minimum Gasteiger partial charge on any atom is -0.425 e. The molecule has 3 atom stereocenters. The van der Waals surface area contributed by atoms with Crippen molar-refractivity contribution < 1.29 is 17.6 Å². The molecule has 13 heteroatoms. The van der Waals surface area contributed by atoms with E-state index in [9.17, 15) is 23.2 Å². The zero-order valence-electron chi connectivity index (χ0n) is 18.0. The number of aromatic amines is 1. The lowest BCUT2D eigenvalue weighted by Gasteiger charge is -2.32. The maximum absolute atomic E-state index is 12.9. The monoisotopic (exact) mass is 470 g/mol. The summed E-state index contributed by atoms with van der Waals surface area (Å²) in [5.41, 5.74) is -1.09. The minimum atomic E-state index is -4.56. The van der Waals surface area contributed by atoms with Crippen molar-refractivity contribution >= 4 is 11.0 Å². The number of nitrogens with zero attached hydrogens (tertiary/aromatic N) is 7. The first-order valence-corrected chi connectivity index (χ1v) is 10.4. The number of nitriles is 1. The van der Waals surface area contributed by atoms with Crippen LogP contribution < -0.4 is 5.56 Å². The highest BCUT2D eigenvalue weighted by Crippen LogP contribution is 2.47. The van der Waals surface area contributed by atoms with Crippen LogP contribution in [0, 0.1) is 18.3 Å². The summed E-state index contributed by atoms with van der Waals surface area (Å²) in [6, 6.07) is 3.41. The first-order valence-electron chi connectivity index (χ1n) is 10.4. The summed E-state index contributed by atoms with van der Waals surface area (Å²) in [6.45, 7) is 3.36. The zero-order chi connectivity index (χ0) is 24.2. The minimum absolute atomic E-state index is 0.0162. The van der Waals surface area contributed by atoms with Crippen LogP contribution in [0.5, 0.6) is 0 Å². The summed E-state index contributed by atoms with van der Waals surface area (Å²) in [5, 5.41) is 21.7. The van der Waals surface area contributed by atoms with Crippen molar-refractivity contribution in [1.29, 1.82) is 5.26 Å². The van der Waals surface area contributed by atoms with E-state index in [1.165, 1.54) is 10.7 Å². The lowest BCUT2D eigenvalue weighted by atomic mass is 9.73. The number of halogens is 3. The molecule has 1 N–H and O–H groups in total. The smallest absolute Gasteiger partial charge is 0.425 e. The van der Waals surface area contributed by atoms with Crippen molar-refractivity contribution in [1.82, 2.24) is 34.9 Å². The molecule has 4 aromatic heterocycles.